The topological polar surface area (TPSA) is 70.7 Å². The number of rotatable bonds is 9. The predicted octanol–water partition coefficient (Wildman–Crippen LogP) is 2.12. The third-order valence-electron chi connectivity index (χ3n) is 3.95. The molecule has 6 nitrogen and oxygen atoms in total. The summed E-state index contributed by atoms with van der Waals surface area (Å²) in [7, 11) is 1.56. The summed E-state index contributed by atoms with van der Waals surface area (Å²) in [6.45, 7) is 8.99. The first-order chi connectivity index (χ1) is 11.4. The Kier molecular flexibility index (Phi) is 8.26. The standard InChI is InChI=1S/C18H29N3O3/c1-6-21(11-17(22)19-14(4)13(2)3)12-18(23)20-15-9-7-8-10-16(15)24-5/h7-10,13-14H,6,11-12H2,1-5H3,(H,19,22)(H,20,23). The zero-order valence-electron chi connectivity index (χ0n) is 15.3. The van der Waals surface area contributed by atoms with Gasteiger partial charge in [0, 0.05) is 6.04 Å². The first kappa shape index (κ1) is 20.0. The number of likely N-dealkylation sites (N-methyl/N-ethyl adjacent to an activating group) is 1. The number of ether oxygens (including phenoxy) is 1. The van der Waals surface area contributed by atoms with E-state index in [1.54, 1.807) is 24.1 Å². The summed E-state index contributed by atoms with van der Waals surface area (Å²) in [5, 5.41) is 5.77. The number of carbonyl (C=O) groups excluding carboxylic acids is 2. The van der Waals surface area contributed by atoms with Crippen molar-refractivity contribution in [3.05, 3.63) is 24.3 Å². The molecule has 1 unspecified atom stereocenters. The molecule has 0 spiro atoms. The van der Waals surface area contributed by atoms with Gasteiger partial charge in [0.15, 0.2) is 0 Å². The number of carbonyl (C=O) groups is 2. The van der Waals surface area contributed by atoms with Gasteiger partial charge in [0.1, 0.15) is 5.75 Å². The maximum atomic E-state index is 12.2. The van der Waals surface area contributed by atoms with Gasteiger partial charge in [-0.1, -0.05) is 32.9 Å². The summed E-state index contributed by atoms with van der Waals surface area (Å²) in [5.41, 5.74) is 0.624. The fourth-order valence-corrected chi connectivity index (χ4v) is 2.09. The molecule has 134 valence electrons. The highest BCUT2D eigenvalue weighted by Gasteiger charge is 2.16. The van der Waals surface area contributed by atoms with Gasteiger partial charge in [0.2, 0.25) is 11.8 Å². The number of nitrogens with one attached hydrogen (secondary N) is 2. The van der Waals surface area contributed by atoms with Crippen molar-refractivity contribution in [2.24, 2.45) is 5.92 Å². The van der Waals surface area contributed by atoms with Crippen molar-refractivity contribution in [3.63, 3.8) is 0 Å². The zero-order valence-corrected chi connectivity index (χ0v) is 15.3. The third-order valence-corrected chi connectivity index (χ3v) is 3.95. The smallest absolute Gasteiger partial charge is 0.238 e. The average Bonchev–Trinajstić information content (AvgIpc) is 2.54. The Morgan fingerprint density at radius 3 is 2.33 bits per heavy atom. The molecule has 1 atom stereocenters. The molecule has 0 saturated carbocycles. The Morgan fingerprint density at radius 1 is 1.12 bits per heavy atom. The first-order valence-corrected chi connectivity index (χ1v) is 8.31. The second-order valence-electron chi connectivity index (χ2n) is 6.15. The van der Waals surface area contributed by atoms with Crippen LogP contribution >= 0.6 is 0 Å². The fraction of sp³-hybridized carbons (Fsp3) is 0.556. The van der Waals surface area contributed by atoms with Gasteiger partial charge in [-0.3, -0.25) is 14.5 Å². The Morgan fingerprint density at radius 2 is 1.75 bits per heavy atom. The highest BCUT2D eigenvalue weighted by atomic mass is 16.5. The molecule has 0 aliphatic carbocycles. The van der Waals surface area contributed by atoms with E-state index in [1.807, 2.05) is 26.0 Å². The summed E-state index contributed by atoms with van der Waals surface area (Å²) in [6.07, 6.45) is 0. The lowest BCUT2D eigenvalue weighted by Crippen LogP contribution is -2.44. The van der Waals surface area contributed by atoms with E-state index in [4.69, 9.17) is 4.74 Å². The number of nitrogens with zero attached hydrogens (tertiary/aromatic N) is 1. The largest absolute Gasteiger partial charge is 0.495 e. The van der Waals surface area contributed by atoms with Gasteiger partial charge in [-0.25, -0.2) is 0 Å². The van der Waals surface area contributed by atoms with Gasteiger partial charge >= 0.3 is 0 Å². The summed E-state index contributed by atoms with van der Waals surface area (Å²) < 4.78 is 5.22. The minimum absolute atomic E-state index is 0.0665. The van der Waals surface area contributed by atoms with Crippen molar-refractivity contribution in [3.8, 4) is 5.75 Å². The van der Waals surface area contributed by atoms with Crippen molar-refractivity contribution in [1.82, 2.24) is 10.2 Å². The molecule has 0 fully saturated rings. The molecule has 1 aromatic rings. The summed E-state index contributed by atoms with van der Waals surface area (Å²) in [5.74, 6) is 0.740. The molecular weight excluding hydrogens is 306 g/mol. The maximum Gasteiger partial charge on any atom is 0.238 e. The Balaban J connectivity index is 2.55. The molecule has 0 saturated heterocycles. The van der Waals surface area contributed by atoms with E-state index in [-0.39, 0.29) is 30.9 Å². The molecule has 0 heterocycles. The maximum absolute atomic E-state index is 12.2. The van der Waals surface area contributed by atoms with Crippen molar-refractivity contribution in [1.29, 1.82) is 0 Å². The zero-order chi connectivity index (χ0) is 18.1. The van der Waals surface area contributed by atoms with Crippen LogP contribution in [0.5, 0.6) is 5.75 Å². The third kappa shape index (κ3) is 6.58. The van der Waals surface area contributed by atoms with Crippen LogP contribution in [0.15, 0.2) is 24.3 Å². The highest BCUT2D eigenvalue weighted by Crippen LogP contribution is 2.22. The molecule has 0 aliphatic rings. The van der Waals surface area contributed by atoms with Crippen LogP contribution in [0.2, 0.25) is 0 Å². The average molecular weight is 335 g/mol. The number of anilines is 1. The predicted molar refractivity (Wildman–Crippen MR) is 96.2 cm³/mol. The molecule has 2 amide bonds. The lowest BCUT2D eigenvalue weighted by molar-refractivity contribution is -0.124. The number of para-hydroxylation sites is 2. The van der Waals surface area contributed by atoms with Crippen molar-refractivity contribution >= 4 is 17.5 Å². The van der Waals surface area contributed by atoms with Crippen LogP contribution in [0.1, 0.15) is 27.7 Å². The van der Waals surface area contributed by atoms with E-state index in [9.17, 15) is 9.59 Å². The molecule has 6 heteroatoms. The van der Waals surface area contributed by atoms with Gasteiger partial charge in [0.05, 0.1) is 25.9 Å². The molecule has 1 rings (SSSR count). The molecule has 0 bridgehead atoms. The lowest BCUT2D eigenvalue weighted by Gasteiger charge is -2.22. The SMILES string of the molecule is CCN(CC(=O)Nc1ccccc1OC)CC(=O)NC(C)C(C)C. The molecule has 1 aromatic carbocycles. The Bertz CT molecular complexity index is 546. The second-order valence-corrected chi connectivity index (χ2v) is 6.15. The van der Waals surface area contributed by atoms with Crippen LogP contribution in [-0.2, 0) is 9.59 Å². The number of hydrogen-bond acceptors (Lipinski definition) is 4. The molecule has 0 aliphatic heterocycles. The summed E-state index contributed by atoms with van der Waals surface area (Å²) in [6, 6.07) is 7.35. The molecule has 2 N–H and O–H groups in total. The first-order valence-electron chi connectivity index (χ1n) is 8.31. The minimum atomic E-state index is -0.175. The number of hydrogen-bond donors (Lipinski definition) is 2. The van der Waals surface area contributed by atoms with Gasteiger partial charge < -0.3 is 15.4 Å². The lowest BCUT2D eigenvalue weighted by atomic mass is 10.1. The molecule has 24 heavy (non-hydrogen) atoms. The van der Waals surface area contributed by atoms with Crippen LogP contribution in [-0.4, -0.2) is 49.5 Å². The molecule has 0 radical (unpaired) electrons. The van der Waals surface area contributed by atoms with Crippen molar-refractivity contribution in [2.75, 3.05) is 32.1 Å². The molecule has 0 aromatic heterocycles. The van der Waals surface area contributed by atoms with E-state index >= 15 is 0 Å². The summed E-state index contributed by atoms with van der Waals surface area (Å²) >= 11 is 0. The van der Waals surface area contributed by atoms with Crippen LogP contribution in [0.25, 0.3) is 0 Å². The van der Waals surface area contributed by atoms with E-state index < -0.39 is 0 Å². The van der Waals surface area contributed by atoms with E-state index in [0.29, 0.717) is 23.9 Å². The van der Waals surface area contributed by atoms with Crippen LogP contribution in [0.3, 0.4) is 0 Å². The molecular formula is C18H29N3O3. The quantitative estimate of drug-likeness (QED) is 0.725. The van der Waals surface area contributed by atoms with Crippen LogP contribution in [0, 0.1) is 5.92 Å². The van der Waals surface area contributed by atoms with E-state index in [1.165, 1.54) is 0 Å². The van der Waals surface area contributed by atoms with Gasteiger partial charge in [-0.2, -0.15) is 0 Å². The second kappa shape index (κ2) is 9.93. The Labute approximate surface area is 144 Å². The number of methoxy groups -OCH3 is 1. The van der Waals surface area contributed by atoms with Gasteiger partial charge in [-0.15, -0.1) is 0 Å². The Hall–Kier alpha value is -2.08. The minimum Gasteiger partial charge on any atom is -0.495 e. The normalized spacial score (nSPS) is 12.1. The van der Waals surface area contributed by atoms with Crippen molar-refractivity contribution < 1.29 is 14.3 Å². The van der Waals surface area contributed by atoms with Crippen LogP contribution < -0.4 is 15.4 Å². The van der Waals surface area contributed by atoms with E-state index in [0.717, 1.165) is 0 Å². The fourth-order valence-electron chi connectivity index (χ4n) is 2.09. The monoisotopic (exact) mass is 335 g/mol. The highest BCUT2D eigenvalue weighted by molar-refractivity contribution is 5.94. The van der Waals surface area contributed by atoms with Gasteiger partial charge in [0.25, 0.3) is 0 Å². The van der Waals surface area contributed by atoms with Crippen molar-refractivity contribution in [2.45, 2.75) is 33.7 Å². The number of benzene rings is 1. The van der Waals surface area contributed by atoms with E-state index in [2.05, 4.69) is 24.5 Å². The summed E-state index contributed by atoms with van der Waals surface area (Å²) in [4.78, 5) is 26.1. The van der Waals surface area contributed by atoms with Gasteiger partial charge in [-0.05, 0) is 31.5 Å². The number of amides is 2. The van der Waals surface area contributed by atoms with Crippen LogP contribution in [0.4, 0.5) is 5.69 Å².